The van der Waals surface area contributed by atoms with Crippen LogP contribution in [0.3, 0.4) is 0 Å². The summed E-state index contributed by atoms with van der Waals surface area (Å²) in [6.07, 6.45) is -16.8. The molecule has 37 heavy (non-hydrogen) atoms. The zero-order valence-corrected chi connectivity index (χ0v) is 20.4. The SMILES string of the molecule is NC(=S)[C@]1(CO)O[C@H](OC2[C@@H](CO)O[C@@H](OC3[C@@H](CO)O[C@@H](O)[C@H](N)[C@H]3O)[C@H](N)[C@H]2O)[C@H](N)[C@@H](O)[C@@H]1O. The second-order valence-corrected chi connectivity index (χ2v) is 9.66. The van der Waals surface area contributed by atoms with E-state index in [0.29, 0.717) is 0 Å². The number of rotatable bonds is 8. The molecule has 3 aliphatic heterocycles. The van der Waals surface area contributed by atoms with Crippen LogP contribution in [0.1, 0.15) is 0 Å². The van der Waals surface area contributed by atoms with Gasteiger partial charge >= 0.3 is 0 Å². The Kier molecular flexibility index (Phi) is 10.1. The van der Waals surface area contributed by atoms with Gasteiger partial charge in [-0.15, -0.1) is 0 Å². The van der Waals surface area contributed by atoms with E-state index in [0.717, 1.165) is 0 Å². The standard InChI is InChI=1S/C19H36N4O13S/c20-6-9(27)12(4(1-24)32-15(6)31)34-16-7(21)10(28)13(5(2-25)33-16)35-17-8(22)11(29)14(30)19(3-26,36-17)18(23)37/h4-17,24-31H,1-3,20-22H2,(H2,23,37)/t4-,5-,6-,7-,8-,9-,10-,11-,12?,13?,14+,15-,16+,17+,19-/m1/s1. The van der Waals surface area contributed by atoms with Gasteiger partial charge in [0.05, 0.1) is 37.9 Å². The molecular weight excluding hydrogens is 524 g/mol. The summed E-state index contributed by atoms with van der Waals surface area (Å²) in [5, 5.41) is 81.2. The van der Waals surface area contributed by atoms with Gasteiger partial charge in [-0.05, 0) is 0 Å². The van der Waals surface area contributed by atoms with E-state index in [1.807, 2.05) is 0 Å². The highest BCUT2D eigenvalue weighted by Crippen LogP contribution is 2.34. The van der Waals surface area contributed by atoms with E-state index < -0.39 is 116 Å². The Balaban J connectivity index is 1.78. The highest BCUT2D eigenvalue weighted by molar-refractivity contribution is 7.80. The van der Waals surface area contributed by atoms with Gasteiger partial charge in [0, 0.05) is 0 Å². The molecule has 2 unspecified atom stereocenters. The van der Waals surface area contributed by atoms with Crippen molar-refractivity contribution >= 4 is 17.2 Å². The van der Waals surface area contributed by atoms with Crippen LogP contribution in [0, 0.1) is 0 Å². The summed E-state index contributed by atoms with van der Waals surface area (Å²) in [5.41, 5.74) is 21.2. The highest BCUT2D eigenvalue weighted by atomic mass is 32.1. The summed E-state index contributed by atoms with van der Waals surface area (Å²) in [4.78, 5) is -0.499. The molecule has 3 fully saturated rings. The number of aliphatic hydroxyl groups excluding tert-OH is 8. The number of nitrogens with two attached hydrogens (primary N) is 4. The van der Waals surface area contributed by atoms with Gasteiger partial charge < -0.3 is 87.5 Å². The number of ether oxygens (including phenoxy) is 5. The normalized spacial score (nSPS) is 51.1. The van der Waals surface area contributed by atoms with Crippen molar-refractivity contribution in [2.75, 3.05) is 19.8 Å². The Morgan fingerprint density at radius 3 is 1.76 bits per heavy atom. The first-order chi connectivity index (χ1) is 17.3. The Morgan fingerprint density at radius 2 is 1.24 bits per heavy atom. The van der Waals surface area contributed by atoms with E-state index in [2.05, 4.69) is 0 Å². The first-order valence-corrected chi connectivity index (χ1v) is 11.8. The fourth-order valence-corrected chi connectivity index (χ4v) is 4.73. The molecule has 3 heterocycles. The predicted molar refractivity (Wildman–Crippen MR) is 123 cm³/mol. The van der Waals surface area contributed by atoms with Gasteiger partial charge in [0.1, 0.15) is 53.8 Å². The molecule has 0 aliphatic carbocycles. The first-order valence-electron chi connectivity index (χ1n) is 11.4. The molecule has 0 spiro atoms. The van der Waals surface area contributed by atoms with Crippen LogP contribution in [0.5, 0.6) is 0 Å². The fourth-order valence-electron chi connectivity index (χ4n) is 4.49. The predicted octanol–water partition coefficient (Wildman–Crippen LogP) is -8.02. The largest absolute Gasteiger partial charge is 0.394 e. The smallest absolute Gasteiger partial charge is 0.177 e. The molecule has 3 aliphatic rings. The lowest BCUT2D eigenvalue weighted by atomic mass is 9.86. The zero-order chi connectivity index (χ0) is 27.8. The zero-order valence-electron chi connectivity index (χ0n) is 19.5. The maximum atomic E-state index is 10.9. The van der Waals surface area contributed by atoms with Crippen molar-refractivity contribution in [3.63, 3.8) is 0 Å². The van der Waals surface area contributed by atoms with Gasteiger partial charge in [-0.25, -0.2) is 0 Å². The quantitative estimate of drug-likeness (QED) is 0.123. The summed E-state index contributed by atoms with van der Waals surface area (Å²) in [5.74, 6) is 0. The Labute approximate surface area is 216 Å². The van der Waals surface area contributed by atoms with Crippen molar-refractivity contribution in [1.29, 1.82) is 0 Å². The maximum Gasteiger partial charge on any atom is 0.177 e. The van der Waals surface area contributed by atoms with E-state index in [1.54, 1.807) is 0 Å². The molecule has 0 saturated carbocycles. The van der Waals surface area contributed by atoms with Crippen molar-refractivity contribution in [3.05, 3.63) is 0 Å². The van der Waals surface area contributed by atoms with Gasteiger partial charge in [-0.3, -0.25) is 0 Å². The van der Waals surface area contributed by atoms with E-state index in [9.17, 15) is 40.9 Å². The summed E-state index contributed by atoms with van der Waals surface area (Å²) in [6, 6.07) is -4.11. The monoisotopic (exact) mass is 560 g/mol. The number of hydrogen-bond donors (Lipinski definition) is 12. The van der Waals surface area contributed by atoms with Crippen LogP contribution in [0.25, 0.3) is 0 Å². The third kappa shape index (κ3) is 5.62. The summed E-state index contributed by atoms with van der Waals surface area (Å²) < 4.78 is 27.7. The third-order valence-corrected chi connectivity index (χ3v) is 7.24. The lowest BCUT2D eigenvalue weighted by Crippen LogP contribution is -2.73. The maximum absolute atomic E-state index is 10.9. The van der Waals surface area contributed by atoms with Crippen LogP contribution in [-0.4, -0.2) is 157 Å². The molecule has 3 rings (SSSR count). The molecule has 0 bridgehead atoms. The summed E-state index contributed by atoms with van der Waals surface area (Å²) in [7, 11) is 0. The fraction of sp³-hybridized carbons (Fsp3) is 0.947. The molecule has 15 atom stereocenters. The third-order valence-electron chi connectivity index (χ3n) is 6.89. The highest BCUT2D eigenvalue weighted by Gasteiger charge is 2.57. The molecule has 16 N–H and O–H groups in total. The minimum Gasteiger partial charge on any atom is -0.394 e. The van der Waals surface area contributed by atoms with Crippen molar-refractivity contribution in [3.8, 4) is 0 Å². The van der Waals surface area contributed by atoms with E-state index in [4.69, 9.17) is 58.8 Å². The van der Waals surface area contributed by atoms with Crippen molar-refractivity contribution in [2.45, 2.75) is 91.4 Å². The number of hydrogen-bond acceptors (Lipinski definition) is 17. The van der Waals surface area contributed by atoms with E-state index in [1.165, 1.54) is 0 Å². The Hall–Kier alpha value is -0.750. The average Bonchev–Trinajstić information content (AvgIpc) is 2.88. The molecule has 0 aromatic rings. The molecule has 216 valence electrons. The topological polar surface area (TPSA) is 312 Å². The van der Waals surface area contributed by atoms with Gasteiger partial charge in [0.2, 0.25) is 0 Å². The molecular formula is C19H36N4O13S. The van der Waals surface area contributed by atoms with E-state index in [-0.39, 0.29) is 0 Å². The molecule has 0 aromatic heterocycles. The molecule has 3 saturated heterocycles. The van der Waals surface area contributed by atoms with Crippen LogP contribution < -0.4 is 22.9 Å². The summed E-state index contributed by atoms with van der Waals surface area (Å²) in [6.45, 7) is -2.37. The molecule has 0 amide bonds. The second-order valence-electron chi connectivity index (χ2n) is 9.22. The van der Waals surface area contributed by atoms with Gasteiger partial charge in [0.25, 0.3) is 0 Å². The molecule has 0 aromatic carbocycles. The second kappa shape index (κ2) is 12.2. The first kappa shape index (κ1) is 30.8. The van der Waals surface area contributed by atoms with Gasteiger partial charge in [0.15, 0.2) is 24.5 Å². The minimum atomic E-state index is -2.13. The summed E-state index contributed by atoms with van der Waals surface area (Å²) >= 11 is 4.88. The van der Waals surface area contributed by atoms with Crippen molar-refractivity contribution in [1.82, 2.24) is 0 Å². The Bertz CT molecular complexity index is 786. The Morgan fingerprint density at radius 1 is 0.757 bits per heavy atom. The molecule has 17 nitrogen and oxygen atoms in total. The molecule has 0 radical (unpaired) electrons. The lowest BCUT2D eigenvalue weighted by Gasteiger charge is -2.50. The van der Waals surface area contributed by atoms with Crippen LogP contribution in [0.15, 0.2) is 0 Å². The average molecular weight is 561 g/mol. The van der Waals surface area contributed by atoms with E-state index >= 15 is 0 Å². The van der Waals surface area contributed by atoms with Gasteiger partial charge in [-0.2, -0.15) is 0 Å². The van der Waals surface area contributed by atoms with Crippen molar-refractivity contribution < 1.29 is 64.5 Å². The molecule has 18 heteroatoms. The van der Waals surface area contributed by atoms with Crippen LogP contribution in [0.4, 0.5) is 0 Å². The number of thiocarbonyl (C=S) groups is 1. The lowest BCUT2D eigenvalue weighted by molar-refractivity contribution is -0.353. The van der Waals surface area contributed by atoms with Crippen LogP contribution >= 0.6 is 12.2 Å². The minimum absolute atomic E-state index is 0.499. The van der Waals surface area contributed by atoms with Gasteiger partial charge in [-0.1, -0.05) is 12.2 Å². The van der Waals surface area contributed by atoms with Crippen molar-refractivity contribution in [2.24, 2.45) is 22.9 Å². The van der Waals surface area contributed by atoms with Crippen LogP contribution in [0.2, 0.25) is 0 Å². The van der Waals surface area contributed by atoms with Crippen LogP contribution in [-0.2, 0) is 23.7 Å². The number of aliphatic hydroxyl groups is 8.